The first-order chi connectivity index (χ1) is 18.5. The largest absolute Gasteiger partial charge is 0.509 e. The van der Waals surface area contributed by atoms with Crippen LogP contribution in [0.25, 0.3) is 11.0 Å². The van der Waals surface area contributed by atoms with Gasteiger partial charge in [0.25, 0.3) is 11.6 Å². The van der Waals surface area contributed by atoms with Crippen molar-refractivity contribution in [3.63, 3.8) is 0 Å². The maximum Gasteiger partial charge on any atom is 0.509 e. The molecule has 13 nitrogen and oxygen atoms in total. The number of aryl methyl sites for hydroxylation is 1. The Hall–Kier alpha value is -4.49. The summed E-state index contributed by atoms with van der Waals surface area (Å²) >= 11 is 0. The van der Waals surface area contributed by atoms with Gasteiger partial charge in [-0.05, 0) is 45.0 Å². The number of rotatable bonds is 6. The topological polar surface area (TPSA) is 166 Å². The maximum atomic E-state index is 12.7. The van der Waals surface area contributed by atoms with Gasteiger partial charge >= 0.3 is 11.8 Å². The molecule has 4 atom stereocenters. The van der Waals surface area contributed by atoms with E-state index < -0.39 is 58.5 Å². The minimum atomic E-state index is -1.05. The normalized spacial score (nSPS) is 23.4. The Morgan fingerprint density at radius 2 is 1.82 bits per heavy atom. The Kier molecular flexibility index (Phi) is 6.48. The van der Waals surface area contributed by atoms with Gasteiger partial charge in [-0.2, -0.15) is 0 Å². The molecule has 0 bridgehead atoms. The highest BCUT2D eigenvalue weighted by Crippen LogP contribution is 2.39. The molecule has 2 aromatic carbocycles. The summed E-state index contributed by atoms with van der Waals surface area (Å²) in [7, 11) is 1.48. The van der Waals surface area contributed by atoms with Gasteiger partial charge in [0.15, 0.2) is 6.10 Å². The number of fused-ring (bicyclic) bond motifs is 2. The van der Waals surface area contributed by atoms with Crippen LogP contribution in [0.4, 0.5) is 16.2 Å². The van der Waals surface area contributed by atoms with Crippen LogP contribution in [-0.4, -0.2) is 54.3 Å². The fourth-order valence-corrected chi connectivity index (χ4v) is 4.83. The molecule has 2 aliphatic heterocycles. The lowest BCUT2D eigenvalue weighted by Gasteiger charge is -2.45. The number of nitro groups is 1. The van der Waals surface area contributed by atoms with Crippen LogP contribution in [0.3, 0.4) is 0 Å². The van der Waals surface area contributed by atoms with Crippen molar-refractivity contribution in [1.29, 1.82) is 0 Å². The van der Waals surface area contributed by atoms with Gasteiger partial charge in [-0.1, -0.05) is 12.1 Å². The van der Waals surface area contributed by atoms with E-state index in [1.165, 1.54) is 37.4 Å². The predicted molar refractivity (Wildman–Crippen MR) is 134 cm³/mol. The number of anilines is 1. The maximum absolute atomic E-state index is 12.7. The summed E-state index contributed by atoms with van der Waals surface area (Å²) in [5.74, 6) is -0.541. The number of methoxy groups -OCH3 is 1. The summed E-state index contributed by atoms with van der Waals surface area (Å²) in [6.07, 6.45) is -4.18. The van der Waals surface area contributed by atoms with Crippen molar-refractivity contribution in [2.75, 3.05) is 12.4 Å². The number of amides is 1. The summed E-state index contributed by atoms with van der Waals surface area (Å²) in [6, 6.07) is 9.99. The SMILES string of the molecule is CO[C@@H]1[C@@H]2OC(=O)O[C@@H]2[C@H](Oc2ccc3cc(NC(=O)c4ccccc4[N+](=O)[O-])c(=O)oc3c2C)OC1(C)C. The van der Waals surface area contributed by atoms with Crippen LogP contribution in [0, 0.1) is 17.0 Å². The van der Waals surface area contributed by atoms with Crippen molar-refractivity contribution in [2.24, 2.45) is 0 Å². The zero-order valence-electron chi connectivity index (χ0n) is 21.3. The molecular formula is C26H24N2O11. The molecule has 0 saturated carbocycles. The third-order valence-electron chi connectivity index (χ3n) is 6.65. The first-order valence-electron chi connectivity index (χ1n) is 11.9. The molecule has 0 aliphatic carbocycles. The third kappa shape index (κ3) is 4.66. The van der Waals surface area contributed by atoms with E-state index in [0.29, 0.717) is 16.7 Å². The fraction of sp³-hybridized carbons (Fsp3) is 0.346. The average Bonchev–Trinajstić information content (AvgIpc) is 3.27. The monoisotopic (exact) mass is 540 g/mol. The van der Waals surface area contributed by atoms with E-state index in [1.54, 1.807) is 32.9 Å². The van der Waals surface area contributed by atoms with Crippen LogP contribution in [0.5, 0.6) is 5.75 Å². The Balaban J connectivity index is 1.43. The Bertz CT molecular complexity index is 1550. The first-order valence-corrected chi connectivity index (χ1v) is 11.9. The van der Waals surface area contributed by atoms with E-state index in [-0.39, 0.29) is 16.8 Å². The van der Waals surface area contributed by atoms with Crippen LogP contribution in [-0.2, 0) is 18.9 Å². The molecule has 2 aliphatic rings. The number of carbonyl (C=O) groups is 2. The molecule has 5 rings (SSSR count). The lowest BCUT2D eigenvalue weighted by Crippen LogP contribution is -2.62. The molecule has 39 heavy (non-hydrogen) atoms. The summed E-state index contributed by atoms with van der Waals surface area (Å²) in [5.41, 5.74) is -1.94. The third-order valence-corrected chi connectivity index (χ3v) is 6.65. The standard InChI is InChI=1S/C26H24N2O11/c1-12-17(35-24-20-19(37-25(31)38-20)21(34-4)26(2,3)39-24)10-9-13-11-15(23(30)36-18(12)13)27-22(29)14-7-5-6-8-16(14)28(32)33/h5-11,19-21,24H,1-4H3,(H,27,29)/t19-,20+,21-,24-/m1/s1. The minimum Gasteiger partial charge on any atom is -0.460 e. The summed E-state index contributed by atoms with van der Waals surface area (Å²) in [5, 5.41) is 14.1. The second-order valence-corrected chi connectivity index (χ2v) is 9.56. The second-order valence-electron chi connectivity index (χ2n) is 9.56. The molecule has 2 saturated heterocycles. The molecule has 13 heteroatoms. The molecule has 1 aromatic heterocycles. The lowest BCUT2D eigenvalue weighted by molar-refractivity contribution is -0.385. The van der Waals surface area contributed by atoms with Crippen LogP contribution in [0.15, 0.2) is 51.7 Å². The van der Waals surface area contributed by atoms with Crippen molar-refractivity contribution in [3.8, 4) is 5.75 Å². The zero-order chi connectivity index (χ0) is 28.1. The first kappa shape index (κ1) is 26.1. The number of hydrogen-bond acceptors (Lipinski definition) is 11. The van der Waals surface area contributed by atoms with Crippen LogP contribution < -0.4 is 15.7 Å². The molecule has 2 fully saturated rings. The van der Waals surface area contributed by atoms with E-state index in [0.717, 1.165) is 0 Å². The molecule has 0 radical (unpaired) electrons. The van der Waals surface area contributed by atoms with Crippen molar-refractivity contribution >= 4 is 34.4 Å². The number of benzene rings is 2. The summed E-state index contributed by atoms with van der Waals surface area (Å²) < 4.78 is 33.7. The van der Waals surface area contributed by atoms with Gasteiger partial charge in [0.1, 0.15) is 28.7 Å². The highest BCUT2D eigenvalue weighted by atomic mass is 16.8. The fourth-order valence-electron chi connectivity index (χ4n) is 4.83. The number of hydrogen-bond donors (Lipinski definition) is 1. The van der Waals surface area contributed by atoms with Crippen molar-refractivity contribution in [3.05, 3.63) is 74.1 Å². The van der Waals surface area contributed by atoms with Gasteiger partial charge in [0.2, 0.25) is 12.4 Å². The van der Waals surface area contributed by atoms with E-state index >= 15 is 0 Å². The highest BCUT2D eigenvalue weighted by Gasteiger charge is 2.59. The van der Waals surface area contributed by atoms with Crippen molar-refractivity contribution in [2.45, 2.75) is 51.0 Å². The molecule has 3 heterocycles. The van der Waals surface area contributed by atoms with E-state index in [1.807, 2.05) is 0 Å². The van der Waals surface area contributed by atoms with Gasteiger partial charge in [-0.3, -0.25) is 14.9 Å². The number of nitrogens with one attached hydrogen (secondary N) is 1. The van der Waals surface area contributed by atoms with Crippen molar-refractivity contribution < 1.29 is 42.6 Å². The number of nitrogens with zero attached hydrogens (tertiary/aromatic N) is 1. The zero-order valence-corrected chi connectivity index (χ0v) is 21.3. The van der Waals surface area contributed by atoms with Gasteiger partial charge in [-0.15, -0.1) is 0 Å². The summed E-state index contributed by atoms with van der Waals surface area (Å²) in [6.45, 7) is 5.20. The van der Waals surface area contributed by atoms with E-state index in [9.17, 15) is 24.5 Å². The van der Waals surface area contributed by atoms with Crippen LogP contribution >= 0.6 is 0 Å². The molecule has 3 aromatic rings. The number of nitro benzene ring substituents is 1. The molecule has 204 valence electrons. The lowest BCUT2D eigenvalue weighted by atomic mass is 9.89. The summed E-state index contributed by atoms with van der Waals surface area (Å²) in [4.78, 5) is 47.9. The van der Waals surface area contributed by atoms with Gasteiger partial charge < -0.3 is 33.4 Å². The molecule has 0 unspecified atom stereocenters. The Morgan fingerprint density at radius 3 is 2.54 bits per heavy atom. The van der Waals surface area contributed by atoms with E-state index in [4.69, 9.17) is 28.1 Å². The van der Waals surface area contributed by atoms with E-state index in [2.05, 4.69) is 5.32 Å². The minimum absolute atomic E-state index is 0.183. The van der Waals surface area contributed by atoms with Gasteiger partial charge in [0.05, 0.1) is 10.5 Å². The smallest absolute Gasteiger partial charge is 0.460 e. The Morgan fingerprint density at radius 1 is 1.10 bits per heavy atom. The highest BCUT2D eigenvalue weighted by molar-refractivity contribution is 6.07. The van der Waals surface area contributed by atoms with Crippen molar-refractivity contribution in [1.82, 2.24) is 0 Å². The number of para-hydroxylation sites is 1. The second kappa shape index (κ2) is 9.67. The molecule has 0 spiro atoms. The average molecular weight is 540 g/mol. The Labute approximate surface area is 220 Å². The van der Waals surface area contributed by atoms with Gasteiger partial charge in [0, 0.05) is 24.1 Å². The molecule has 1 N–H and O–H groups in total. The van der Waals surface area contributed by atoms with Crippen LogP contribution in [0.2, 0.25) is 0 Å². The number of carbonyl (C=O) groups excluding carboxylic acids is 2. The molecule has 1 amide bonds. The quantitative estimate of drug-likeness (QED) is 0.210. The van der Waals surface area contributed by atoms with Crippen LogP contribution in [0.1, 0.15) is 29.8 Å². The number of ether oxygens (including phenoxy) is 5. The predicted octanol–water partition coefficient (Wildman–Crippen LogP) is 3.69. The molecular weight excluding hydrogens is 516 g/mol. The van der Waals surface area contributed by atoms with Gasteiger partial charge in [-0.25, -0.2) is 9.59 Å².